The zero-order valence-corrected chi connectivity index (χ0v) is 18.8. The molecule has 32 heavy (non-hydrogen) atoms. The number of nitrogens with zero attached hydrogens (tertiary/aromatic N) is 5. The molecule has 5 rings (SSSR count). The Kier molecular flexibility index (Phi) is 5.69. The molecule has 10 nitrogen and oxygen atoms in total. The fourth-order valence-electron chi connectivity index (χ4n) is 3.78. The molecule has 1 aliphatic heterocycles. The molecule has 1 atom stereocenters. The molecule has 4 heterocycles. The Hall–Kier alpha value is -3.14. The van der Waals surface area contributed by atoms with Gasteiger partial charge in [-0.2, -0.15) is 15.1 Å². The molecular formula is C22H30N8O2. The zero-order chi connectivity index (χ0) is 22.1. The van der Waals surface area contributed by atoms with E-state index >= 15 is 0 Å². The number of hydrogen-bond donors (Lipinski definition) is 3. The van der Waals surface area contributed by atoms with E-state index in [9.17, 15) is 0 Å². The van der Waals surface area contributed by atoms with Gasteiger partial charge < -0.3 is 24.8 Å². The van der Waals surface area contributed by atoms with Gasteiger partial charge in [0, 0.05) is 42.9 Å². The molecule has 0 bridgehead atoms. The topological polar surface area (TPSA) is 117 Å². The van der Waals surface area contributed by atoms with Crippen molar-refractivity contribution in [1.29, 1.82) is 0 Å². The van der Waals surface area contributed by atoms with Crippen LogP contribution in [0.1, 0.15) is 62.1 Å². The number of nitrogens with one attached hydrogen (secondary N) is 3. The molecule has 170 valence electrons. The number of anilines is 3. The van der Waals surface area contributed by atoms with E-state index in [0.717, 1.165) is 42.5 Å². The summed E-state index contributed by atoms with van der Waals surface area (Å²) in [5.74, 6) is 4.00. The van der Waals surface area contributed by atoms with Gasteiger partial charge in [0.1, 0.15) is 11.9 Å². The third-order valence-electron chi connectivity index (χ3n) is 5.80. The van der Waals surface area contributed by atoms with E-state index in [1.807, 2.05) is 18.2 Å². The smallest absolute Gasteiger partial charge is 0.228 e. The minimum atomic E-state index is 0.116. The van der Waals surface area contributed by atoms with Crippen molar-refractivity contribution in [3.8, 4) is 5.88 Å². The molecule has 0 aromatic carbocycles. The average molecular weight is 439 g/mol. The minimum absolute atomic E-state index is 0.116. The zero-order valence-electron chi connectivity index (χ0n) is 18.8. The maximum absolute atomic E-state index is 6.17. The monoisotopic (exact) mass is 438 g/mol. The molecule has 0 amide bonds. The Balaban J connectivity index is 1.32. The Morgan fingerprint density at radius 2 is 2.06 bits per heavy atom. The number of aromatic nitrogens is 5. The van der Waals surface area contributed by atoms with Crippen molar-refractivity contribution in [3.63, 3.8) is 0 Å². The van der Waals surface area contributed by atoms with Crippen molar-refractivity contribution >= 4 is 17.6 Å². The molecule has 0 radical (unpaired) electrons. The predicted molar refractivity (Wildman–Crippen MR) is 120 cm³/mol. The standard InChI is InChI=1S/C22H30N8O2/c1-13(2)17-8-16(32-29-17)11-23-22-25-19(24-20-9-18(27-28-20)14-4-5-14)10-21(26-22)31-15-6-7-30(3)12-15/h8-10,13-15H,4-7,11-12H2,1-3H3,(H3,23,24,25,26,27,28). The van der Waals surface area contributed by atoms with Crippen LogP contribution in [0.5, 0.6) is 5.88 Å². The predicted octanol–water partition coefficient (Wildman–Crippen LogP) is 3.63. The Morgan fingerprint density at radius 1 is 1.19 bits per heavy atom. The Morgan fingerprint density at radius 3 is 2.78 bits per heavy atom. The summed E-state index contributed by atoms with van der Waals surface area (Å²) in [6, 6.07) is 5.82. The van der Waals surface area contributed by atoms with Gasteiger partial charge in [-0.1, -0.05) is 19.0 Å². The lowest BCUT2D eigenvalue weighted by Gasteiger charge is -2.15. The van der Waals surface area contributed by atoms with Gasteiger partial charge in [0.05, 0.1) is 12.2 Å². The van der Waals surface area contributed by atoms with Crippen LogP contribution in [0.4, 0.5) is 17.6 Å². The summed E-state index contributed by atoms with van der Waals surface area (Å²) in [5.41, 5.74) is 2.09. The van der Waals surface area contributed by atoms with Gasteiger partial charge in [0.25, 0.3) is 0 Å². The van der Waals surface area contributed by atoms with E-state index in [1.54, 1.807) is 0 Å². The molecule has 2 aliphatic rings. The first kappa shape index (κ1) is 20.7. The maximum Gasteiger partial charge on any atom is 0.228 e. The van der Waals surface area contributed by atoms with Crippen molar-refractivity contribution in [1.82, 2.24) is 30.2 Å². The number of H-pyrrole nitrogens is 1. The molecule has 3 aromatic rings. The summed E-state index contributed by atoms with van der Waals surface area (Å²) in [7, 11) is 2.10. The number of aromatic amines is 1. The van der Waals surface area contributed by atoms with E-state index in [2.05, 4.69) is 61.8 Å². The SMILES string of the molecule is CC(C)c1cc(CNc2nc(Nc3cc(C4CC4)[nH]n3)cc(OC3CCN(C)C3)n2)on1. The van der Waals surface area contributed by atoms with Gasteiger partial charge in [-0.25, -0.2) is 0 Å². The summed E-state index contributed by atoms with van der Waals surface area (Å²) in [5, 5.41) is 18.1. The fraction of sp³-hybridized carbons (Fsp3) is 0.545. The summed E-state index contributed by atoms with van der Waals surface area (Å²) < 4.78 is 11.6. The third-order valence-corrected chi connectivity index (χ3v) is 5.80. The summed E-state index contributed by atoms with van der Waals surface area (Å²) in [6.45, 7) is 6.51. The second kappa shape index (κ2) is 8.78. The van der Waals surface area contributed by atoms with E-state index in [1.165, 1.54) is 12.8 Å². The molecule has 0 spiro atoms. The van der Waals surface area contributed by atoms with Crippen LogP contribution in [0.25, 0.3) is 0 Å². The molecule has 1 unspecified atom stereocenters. The highest BCUT2D eigenvalue weighted by molar-refractivity contribution is 5.55. The molecule has 1 saturated carbocycles. The molecular weight excluding hydrogens is 408 g/mol. The molecule has 2 fully saturated rings. The number of likely N-dealkylation sites (tertiary alicyclic amines) is 1. The van der Waals surface area contributed by atoms with Gasteiger partial charge in [0.2, 0.25) is 11.8 Å². The van der Waals surface area contributed by atoms with Crippen molar-refractivity contribution in [2.75, 3.05) is 30.8 Å². The Labute approximate surface area is 187 Å². The number of hydrogen-bond acceptors (Lipinski definition) is 9. The highest BCUT2D eigenvalue weighted by atomic mass is 16.5. The van der Waals surface area contributed by atoms with Gasteiger partial charge in [-0.05, 0) is 32.2 Å². The van der Waals surface area contributed by atoms with Crippen LogP contribution in [-0.2, 0) is 6.54 Å². The highest BCUT2D eigenvalue weighted by Gasteiger charge is 2.26. The van der Waals surface area contributed by atoms with E-state index in [-0.39, 0.29) is 6.10 Å². The van der Waals surface area contributed by atoms with Crippen molar-refractivity contribution in [2.45, 2.75) is 57.6 Å². The van der Waals surface area contributed by atoms with Gasteiger partial charge in [0.15, 0.2) is 11.6 Å². The number of likely N-dealkylation sites (N-methyl/N-ethyl adjacent to an activating group) is 1. The second-order valence-electron chi connectivity index (χ2n) is 9.04. The largest absolute Gasteiger partial charge is 0.473 e. The maximum atomic E-state index is 6.17. The van der Waals surface area contributed by atoms with E-state index in [0.29, 0.717) is 36.0 Å². The first-order valence-electron chi connectivity index (χ1n) is 11.3. The molecule has 3 aromatic heterocycles. The molecule has 3 N–H and O–H groups in total. The first-order chi connectivity index (χ1) is 15.5. The van der Waals surface area contributed by atoms with E-state index in [4.69, 9.17) is 9.26 Å². The van der Waals surface area contributed by atoms with Crippen LogP contribution in [0, 0.1) is 0 Å². The molecule has 1 aliphatic carbocycles. The Bertz CT molecular complexity index is 1060. The average Bonchev–Trinajstić information content (AvgIpc) is 3.12. The van der Waals surface area contributed by atoms with Crippen LogP contribution < -0.4 is 15.4 Å². The van der Waals surface area contributed by atoms with Gasteiger partial charge in [-0.15, -0.1) is 0 Å². The fourth-order valence-corrected chi connectivity index (χ4v) is 3.78. The van der Waals surface area contributed by atoms with Crippen LogP contribution in [0.2, 0.25) is 0 Å². The van der Waals surface area contributed by atoms with Gasteiger partial charge >= 0.3 is 0 Å². The molecule has 1 saturated heterocycles. The normalized spacial score (nSPS) is 18.9. The number of ether oxygens (including phenoxy) is 1. The quantitative estimate of drug-likeness (QED) is 0.460. The van der Waals surface area contributed by atoms with Crippen LogP contribution in [0.15, 0.2) is 22.7 Å². The lowest BCUT2D eigenvalue weighted by atomic mass is 10.1. The van der Waals surface area contributed by atoms with Crippen molar-refractivity contribution in [3.05, 3.63) is 35.3 Å². The first-order valence-corrected chi connectivity index (χ1v) is 11.3. The summed E-state index contributed by atoms with van der Waals surface area (Å²) in [6.07, 6.45) is 3.53. The second-order valence-corrected chi connectivity index (χ2v) is 9.04. The minimum Gasteiger partial charge on any atom is -0.473 e. The van der Waals surface area contributed by atoms with Crippen molar-refractivity contribution in [2.24, 2.45) is 0 Å². The van der Waals surface area contributed by atoms with Crippen molar-refractivity contribution < 1.29 is 9.26 Å². The lowest BCUT2D eigenvalue weighted by molar-refractivity contribution is 0.200. The van der Waals surface area contributed by atoms with Crippen LogP contribution >= 0.6 is 0 Å². The highest BCUT2D eigenvalue weighted by Crippen LogP contribution is 2.39. The van der Waals surface area contributed by atoms with Gasteiger partial charge in [-0.3, -0.25) is 5.10 Å². The lowest BCUT2D eigenvalue weighted by Crippen LogP contribution is -2.22. The van der Waals surface area contributed by atoms with Crippen LogP contribution in [0.3, 0.4) is 0 Å². The van der Waals surface area contributed by atoms with E-state index < -0.39 is 0 Å². The summed E-state index contributed by atoms with van der Waals surface area (Å²) in [4.78, 5) is 11.4. The number of rotatable bonds is 9. The van der Waals surface area contributed by atoms with Crippen LogP contribution in [-0.4, -0.2) is 56.5 Å². The summed E-state index contributed by atoms with van der Waals surface area (Å²) >= 11 is 0. The third kappa shape index (κ3) is 5.01. The molecule has 10 heteroatoms.